The number of aliphatic hydroxyl groups excluding tert-OH is 4. The number of aliphatic hydroxyl groups is 4. The summed E-state index contributed by atoms with van der Waals surface area (Å²) < 4.78 is 164. The lowest BCUT2D eigenvalue weighted by molar-refractivity contribution is 0.0241. The first-order valence-electron chi connectivity index (χ1n) is 32.2. The highest BCUT2D eigenvalue weighted by atomic mass is 32.2. The van der Waals surface area contributed by atoms with Crippen LogP contribution in [0.4, 0.5) is 0 Å². The van der Waals surface area contributed by atoms with Crippen LogP contribution in [0.25, 0.3) is 44.5 Å². The van der Waals surface area contributed by atoms with Crippen molar-refractivity contribution in [3.63, 3.8) is 0 Å². The van der Waals surface area contributed by atoms with Gasteiger partial charge >= 0.3 is 0 Å². The van der Waals surface area contributed by atoms with Gasteiger partial charge in [-0.1, -0.05) is 97.1 Å². The number of aryl methyl sites for hydroxylation is 4. The Balaban J connectivity index is 0.951. The van der Waals surface area contributed by atoms with Crippen LogP contribution in [0.15, 0.2) is 189 Å². The summed E-state index contributed by atoms with van der Waals surface area (Å²) in [6, 6.07) is 45.1. The van der Waals surface area contributed by atoms with Gasteiger partial charge in [-0.25, -0.2) is 0 Å². The topological polar surface area (TPSA) is 348 Å². The van der Waals surface area contributed by atoms with Crippen LogP contribution in [0.2, 0.25) is 0 Å². The molecule has 8 aromatic rings. The molecule has 8 N–H and O–H groups in total. The number of hydrogen-bond acceptors (Lipinski definition) is 20. The molecule has 28 heteroatoms. The van der Waals surface area contributed by atoms with E-state index in [1.807, 2.05) is 19.6 Å². The molecule has 1 aliphatic rings. The Morgan fingerprint density at radius 2 is 0.490 bits per heavy atom. The number of ether oxygens (including phenoxy) is 4. The Bertz CT molecular complexity index is 4030. The second-order valence-corrected chi connectivity index (χ2v) is 30.6. The third kappa shape index (κ3) is 22.1. The van der Waals surface area contributed by atoms with Crippen molar-refractivity contribution in [2.24, 2.45) is 0 Å². The van der Waals surface area contributed by atoms with Crippen LogP contribution in [-0.2, 0) is 40.5 Å². The molecule has 0 unspecified atom stereocenters. The standard InChI is InChI=1S/C72H84N4O20S4/c1-49-17-21-65(69(33-49)97(81,82)83)53-9-5-13-61(37-53)93-45-57(77)41-73-25-27-74(42-58(78)46-94-62-14-6-10-54(38-62)66-22-18-50(2)34-70(66)98(84,85)86)29-31-76(44-60(80)48-96-64-16-8-12-56(40-64)68-24-20-52(4)36-72(68)100(90,91)92)32-30-75(28-26-73)43-59(79)47-95-63-15-7-11-55(39-63)67-23-19-51(3)35-71(67)99(87,88)89/h5-24,33-40,57-60,77-80H,25-32,41-48H2,1-4H3,(H,81,82,83)(H,84,85,86)(H,87,88,89)(H,90,91,92)/t57-,58-,59-,60-/m0/s1. The predicted molar refractivity (Wildman–Crippen MR) is 377 cm³/mol. The maximum absolute atomic E-state index is 12.4. The van der Waals surface area contributed by atoms with Gasteiger partial charge in [0.1, 0.15) is 93.4 Å². The van der Waals surface area contributed by atoms with E-state index in [2.05, 4.69) is 0 Å². The number of benzene rings is 8. The molecule has 0 spiro atoms. The Morgan fingerprint density at radius 3 is 0.670 bits per heavy atom. The van der Waals surface area contributed by atoms with Crippen molar-refractivity contribution in [3.05, 3.63) is 192 Å². The molecule has 8 aromatic carbocycles. The zero-order valence-electron chi connectivity index (χ0n) is 55.7. The predicted octanol–water partition coefficient (Wildman–Crippen LogP) is 7.86. The van der Waals surface area contributed by atoms with Gasteiger partial charge in [-0.3, -0.25) is 37.8 Å². The van der Waals surface area contributed by atoms with Gasteiger partial charge in [-0.05, 0) is 145 Å². The first kappa shape index (κ1) is 76.5. The summed E-state index contributed by atoms with van der Waals surface area (Å²) in [7, 11) is -18.4. The lowest BCUT2D eigenvalue weighted by Crippen LogP contribution is -2.51. The molecule has 24 nitrogen and oxygen atoms in total. The molecular formula is C72H84N4O20S4. The van der Waals surface area contributed by atoms with Crippen LogP contribution < -0.4 is 18.9 Å². The maximum atomic E-state index is 12.4. The second kappa shape index (κ2) is 33.8. The van der Waals surface area contributed by atoms with Crippen molar-refractivity contribution in [2.75, 3.05) is 105 Å². The molecule has 9 rings (SSSR count). The van der Waals surface area contributed by atoms with E-state index in [0.717, 1.165) is 0 Å². The van der Waals surface area contributed by atoms with Crippen molar-refractivity contribution in [3.8, 4) is 67.5 Å². The van der Waals surface area contributed by atoms with Gasteiger partial charge in [0.25, 0.3) is 40.5 Å². The monoisotopic (exact) mass is 1450 g/mol. The van der Waals surface area contributed by atoms with Gasteiger partial charge in [0.2, 0.25) is 0 Å². The minimum absolute atomic E-state index is 0.0742. The van der Waals surface area contributed by atoms with E-state index in [1.54, 1.807) is 173 Å². The van der Waals surface area contributed by atoms with Crippen LogP contribution in [-0.4, -0.2) is 221 Å². The summed E-state index contributed by atoms with van der Waals surface area (Å²) in [5.74, 6) is 1.27. The summed E-state index contributed by atoms with van der Waals surface area (Å²) in [6.45, 7) is 8.88. The number of nitrogens with zero attached hydrogens (tertiary/aromatic N) is 4. The number of hydrogen-bond donors (Lipinski definition) is 8. The zero-order valence-corrected chi connectivity index (χ0v) is 59.0. The zero-order chi connectivity index (χ0) is 72.1. The number of β-amino-alcohol motifs (C(OH)–C–C–N with tert-alkyl or cyclic N) is 4. The van der Waals surface area contributed by atoms with Gasteiger partial charge in [0.15, 0.2) is 0 Å². The molecule has 4 atom stereocenters. The average Bonchev–Trinajstić information content (AvgIpc) is 0.817. The minimum Gasteiger partial charge on any atom is -0.491 e. The molecule has 0 radical (unpaired) electrons. The lowest BCUT2D eigenvalue weighted by atomic mass is 10.0. The molecule has 0 saturated carbocycles. The Morgan fingerprint density at radius 1 is 0.300 bits per heavy atom. The highest BCUT2D eigenvalue weighted by Crippen LogP contribution is 2.35. The van der Waals surface area contributed by atoms with E-state index < -0.39 is 64.9 Å². The summed E-state index contributed by atoms with van der Waals surface area (Å²) in [5, 5.41) is 47.2. The molecular weight excluding hydrogens is 1370 g/mol. The molecule has 0 amide bonds. The van der Waals surface area contributed by atoms with Gasteiger partial charge in [-0.15, -0.1) is 0 Å². The fourth-order valence-electron chi connectivity index (χ4n) is 11.8. The minimum atomic E-state index is -4.60. The Kier molecular flexibility index (Phi) is 25.9. The van der Waals surface area contributed by atoms with Crippen molar-refractivity contribution in [2.45, 2.75) is 71.7 Å². The molecule has 1 heterocycles. The molecule has 1 fully saturated rings. The molecule has 100 heavy (non-hydrogen) atoms. The third-order valence-electron chi connectivity index (χ3n) is 16.8. The molecule has 1 saturated heterocycles. The highest BCUT2D eigenvalue weighted by molar-refractivity contribution is 7.86. The highest BCUT2D eigenvalue weighted by Gasteiger charge is 2.26. The summed E-state index contributed by atoms with van der Waals surface area (Å²) in [6.07, 6.45) is -4.40. The van der Waals surface area contributed by atoms with Crippen LogP contribution in [0.5, 0.6) is 23.0 Å². The van der Waals surface area contributed by atoms with Crippen LogP contribution >= 0.6 is 0 Å². The van der Waals surface area contributed by atoms with Crippen molar-refractivity contribution >= 4 is 40.5 Å². The van der Waals surface area contributed by atoms with E-state index in [-0.39, 0.29) is 94.4 Å². The fourth-order valence-corrected chi connectivity index (χ4v) is 15.0. The normalized spacial score (nSPS) is 15.8. The van der Waals surface area contributed by atoms with E-state index in [4.69, 9.17) is 18.9 Å². The van der Waals surface area contributed by atoms with Crippen LogP contribution in [0.1, 0.15) is 22.3 Å². The third-order valence-corrected chi connectivity index (χ3v) is 20.4. The molecule has 0 bridgehead atoms. The SMILES string of the molecule is Cc1ccc(-c2cccc(OC[C@@H](O)CN3CCN(C[C@H](O)COc4cccc(-c5ccc(C)cc5S(=O)(=O)O)c4)CCN(C[C@H](O)COc4cccc(-c5ccc(C)cc5S(=O)(=O)O)c4)CCN(C[C@H](O)COc4cccc(-c5ccc(C)cc5S(=O)(=O)O)c4)CC3)c2)c(S(=O)(=O)O)c1. The lowest BCUT2D eigenvalue weighted by Gasteiger charge is -2.36. The van der Waals surface area contributed by atoms with Crippen molar-refractivity contribution in [1.29, 1.82) is 0 Å². The van der Waals surface area contributed by atoms with Gasteiger partial charge in [0, 0.05) is 101 Å². The first-order valence-corrected chi connectivity index (χ1v) is 37.9. The van der Waals surface area contributed by atoms with Crippen LogP contribution in [0, 0.1) is 27.7 Å². The summed E-state index contributed by atoms with van der Waals surface area (Å²) in [5.41, 5.74) is 5.27. The molecule has 536 valence electrons. The fraction of sp³-hybridized carbons (Fsp3) is 0.333. The van der Waals surface area contributed by atoms with E-state index in [9.17, 15) is 72.3 Å². The molecule has 0 aromatic heterocycles. The van der Waals surface area contributed by atoms with E-state index in [0.29, 0.717) is 120 Å². The second-order valence-electron chi connectivity index (χ2n) is 25.1. The average molecular weight is 1450 g/mol. The van der Waals surface area contributed by atoms with Gasteiger partial charge < -0.3 is 39.4 Å². The largest absolute Gasteiger partial charge is 0.491 e. The van der Waals surface area contributed by atoms with Crippen molar-refractivity contribution in [1.82, 2.24) is 19.6 Å². The van der Waals surface area contributed by atoms with Crippen LogP contribution in [0.3, 0.4) is 0 Å². The smallest absolute Gasteiger partial charge is 0.295 e. The van der Waals surface area contributed by atoms with Gasteiger partial charge in [-0.2, -0.15) is 33.7 Å². The Hall–Kier alpha value is -7.72. The maximum Gasteiger partial charge on any atom is 0.295 e. The van der Waals surface area contributed by atoms with E-state index in [1.165, 1.54) is 24.3 Å². The van der Waals surface area contributed by atoms with Crippen molar-refractivity contribution < 1.29 is 91.3 Å². The Labute approximate surface area is 584 Å². The quantitative estimate of drug-likeness (QED) is 0.0216. The summed E-state index contributed by atoms with van der Waals surface area (Å²) in [4.78, 5) is 6.99. The number of rotatable bonds is 28. The first-order chi connectivity index (χ1) is 47.3. The molecule has 1 aliphatic heterocycles. The van der Waals surface area contributed by atoms with Gasteiger partial charge in [0.05, 0.1) is 0 Å². The summed E-state index contributed by atoms with van der Waals surface area (Å²) >= 11 is 0. The van der Waals surface area contributed by atoms with E-state index >= 15 is 0 Å². The molecule has 0 aliphatic carbocycles.